The van der Waals surface area contributed by atoms with Crippen molar-refractivity contribution in [3.05, 3.63) is 70.2 Å². The van der Waals surface area contributed by atoms with E-state index in [0.717, 1.165) is 24.0 Å². The normalized spacial score (nSPS) is 11.9. The van der Waals surface area contributed by atoms with Gasteiger partial charge in [0, 0.05) is 24.5 Å². The van der Waals surface area contributed by atoms with Crippen molar-refractivity contribution < 1.29 is 9.59 Å². The van der Waals surface area contributed by atoms with Gasteiger partial charge in [-0.3, -0.25) is 9.59 Å². The molecule has 2 amide bonds. The van der Waals surface area contributed by atoms with Gasteiger partial charge in [-0.15, -0.1) is 0 Å². The Morgan fingerprint density at radius 1 is 1.03 bits per heavy atom. The molecule has 0 fully saturated rings. The van der Waals surface area contributed by atoms with E-state index in [1.807, 2.05) is 18.2 Å². The molecular formula is C26H35ClN2O2. The second-order valence-electron chi connectivity index (χ2n) is 8.37. The maximum absolute atomic E-state index is 13.2. The van der Waals surface area contributed by atoms with Crippen LogP contribution in [0.25, 0.3) is 0 Å². The first-order chi connectivity index (χ1) is 14.8. The van der Waals surface area contributed by atoms with Gasteiger partial charge in [0.2, 0.25) is 11.8 Å². The highest BCUT2D eigenvalue weighted by molar-refractivity contribution is 6.30. The molecule has 0 unspecified atom stereocenters. The zero-order valence-corrected chi connectivity index (χ0v) is 19.9. The standard InChI is InChI=1S/C26H35ClN2O2/c1-5-6-16-28-26(31)20(4)29(18-22-8-7-9-24(27)17-22)25(30)15-12-21-10-13-23(14-11-21)19(2)3/h7-11,13-14,17,19-20H,5-6,12,15-16,18H2,1-4H3,(H,28,31)/t20-/m0/s1. The van der Waals surface area contributed by atoms with Gasteiger partial charge in [-0.1, -0.05) is 75.2 Å². The Hall–Kier alpha value is -2.33. The number of benzene rings is 2. The monoisotopic (exact) mass is 442 g/mol. The minimum Gasteiger partial charge on any atom is -0.354 e. The lowest BCUT2D eigenvalue weighted by atomic mass is 10.00. The number of rotatable bonds is 11. The number of nitrogens with zero attached hydrogens (tertiary/aromatic N) is 1. The Kier molecular flexibility index (Phi) is 10.1. The van der Waals surface area contributed by atoms with Crippen molar-refractivity contribution in [2.75, 3.05) is 6.54 Å². The summed E-state index contributed by atoms with van der Waals surface area (Å²) in [5.74, 6) is 0.326. The first kappa shape index (κ1) is 24.9. The van der Waals surface area contributed by atoms with Crippen LogP contribution < -0.4 is 5.32 Å². The molecule has 4 nitrogen and oxygen atoms in total. The lowest BCUT2D eigenvalue weighted by Gasteiger charge is -2.29. The Morgan fingerprint density at radius 3 is 2.35 bits per heavy atom. The van der Waals surface area contributed by atoms with E-state index in [2.05, 4.69) is 50.4 Å². The number of hydrogen-bond acceptors (Lipinski definition) is 2. The molecule has 0 spiro atoms. The fourth-order valence-corrected chi connectivity index (χ4v) is 3.63. The molecule has 1 N–H and O–H groups in total. The number of aryl methyl sites for hydroxylation is 1. The van der Waals surface area contributed by atoms with Crippen LogP contribution in [0.1, 0.15) is 69.6 Å². The van der Waals surface area contributed by atoms with Crippen molar-refractivity contribution in [3.63, 3.8) is 0 Å². The van der Waals surface area contributed by atoms with Crippen molar-refractivity contribution in [1.29, 1.82) is 0 Å². The summed E-state index contributed by atoms with van der Waals surface area (Å²) in [6, 6.07) is 15.3. The minimum atomic E-state index is -0.549. The van der Waals surface area contributed by atoms with E-state index >= 15 is 0 Å². The Morgan fingerprint density at radius 2 is 1.74 bits per heavy atom. The molecule has 0 heterocycles. The highest BCUT2D eigenvalue weighted by atomic mass is 35.5. The number of hydrogen-bond donors (Lipinski definition) is 1. The minimum absolute atomic E-state index is 0.0361. The van der Waals surface area contributed by atoms with Crippen LogP contribution in [0.3, 0.4) is 0 Å². The molecule has 0 aliphatic rings. The number of nitrogens with one attached hydrogen (secondary N) is 1. The predicted octanol–water partition coefficient (Wildman–Crippen LogP) is 5.73. The summed E-state index contributed by atoms with van der Waals surface area (Å²) in [5.41, 5.74) is 3.32. The van der Waals surface area contributed by atoms with Crippen LogP contribution >= 0.6 is 11.6 Å². The van der Waals surface area contributed by atoms with Gasteiger partial charge < -0.3 is 10.2 Å². The molecule has 0 bridgehead atoms. The summed E-state index contributed by atoms with van der Waals surface area (Å²) in [6.07, 6.45) is 2.93. The zero-order valence-electron chi connectivity index (χ0n) is 19.2. The van der Waals surface area contributed by atoms with Gasteiger partial charge in [0.25, 0.3) is 0 Å². The number of unbranched alkanes of at least 4 members (excludes halogenated alkanes) is 1. The topological polar surface area (TPSA) is 49.4 Å². The van der Waals surface area contributed by atoms with Gasteiger partial charge in [-0.2, -0.15) is 0 Å². The summed E-state index contributed by atoms with van der Waals surface area (Å²) in [5, 5.41) is 3.57. The summed E-state index contributed by atoms with van der Waals surface area (Å²) >= 11 is 6.13. The van der Waals surface area contributed by atoms with Gasteiger partial charge in [0.1, 0.15) is 6.04 Å². The fraction of sp³-hybridized carbons (Fsp3) is 0.462. The maximum Gasteiger partial charge on any atom is 0.242 e. The quantitative estimate of drug-likeness (QED) is 0.452. The van der Waals surface area contributed by atoms with Crippen molar-refractivity contribution in [2.24, 2.45) is 0 Å². The molecule has 0 aliphatic carbocycles. The highest BCUT2D eigenvalue weighted by Gasteiger charge is 2.25. The van der Waals surface area contributed by atoms with Gasteiger partial charge in [-0.05, 0) is 54.5 Å². The summed E-state index contributed by atoms with van der Waals surface area (Å²) in [6.45, 7) is 9.19. The molecule has 2 aromatic carbocycles. The third-order valence-corrected chi connectivity index (χ3v) is 5.75. The van der Waals surface area contributed by atoms with Crippen molar-refractivity contribution in [2.45, 2.75) is 71.9 Å². The molecule has 0 aliphatic heterocycles. The van der Waals surface area contributed by atoms with Crippen LogP contribution in [-0.4, -0.2) is 29.3 Å². The van der Waals surface area contributed by atoms with E-state index in [1.54, 1.807) is 17.9 Å². The number of carbonyl (C=O) groups is 2. The van der Waals surface area contributed by atoms with Crippen LogP contribution in [0.2, 0.25) is 5.02 Å². The molecular weight excluding hydrogens is 408 g/mol. The van der Waals surface area contributed by atoms with E-state index in [-0.39, 0.29) is 11.8 Å². The third kappa shape index (κ3) is 8.02. The first-order valence-electron chi connectivity index (χ1n) is 11.2. The summed E-state index contributed by atoms with van der Waals surface area (Å²) in [7, 11) is 0. The Labute approximate surface area is 192 Å². The fourth-order valence-electron chi connectivity index (χ4n) is 3.41. The van der Waals surface area contributed by atoms with Crippen molar-refractivity contribution in [1.82, 2.24) is 10.2 Å². The molecule has 0 saturated carbocycles. The smallest absolute Gasteiger partial charge is 0.242 e. The van der Waals surface area contributed by atoms with Crippen LogP contribution in [0.4, 0.5) is 0 Å². The zero-order chi connectivity index (χ0) is 22.8. The molecule has 31 heavy (non-hydrogen) atoms. The molecule has 2 aromatic rings. The lowest BCUT2D eigenvalue weighted by Crippen LogP contribution is -2.47. The third-order valence-electron chi connectivity index (χ3n) is 5.51. The van der Waals surface area contributed by atoms with E-state index in [1.165, 1.54) is 5.56 Å². The lowest BCUT2D eigenvalue weighted by molar-refractivity contribution is -0.140. The van der Waals surface area contributed by atoms with E-state index in [9.17, 15) is 9.59 Å². The first-order valence-corrected chi connectivity index (χ1v) is 11.6. The average Bonchev–Trinajstić information content (AvgIpc) is 2.75. The van der Waals surface area contributed by atoms with Gasteiger partial charge in [0.05, 0.1) is 0 Å². The van der Waals surface area contributed by atoms with Crippen LogP contribution in [-0.2, 0) is 22.6 Å². The summed E-state index contributed by atoms with van der Waals surface area (Å²) in [4.78, 5) is 27.5. The van der Waals surface area contributed by atoms with E-state index in [4.69, 9.17) is 11.6 Å². The Balaban J connectivity index is 2.09. The van der Waals surface area contributed by atoms with Crippen molar-refractivity contribution in [3.8, 4) is 0 Å². The van der Waals surface area contributed by atoms with Gasteiger partial charge >= 0.3 is 0 Å². The van der Waals surface area contributed by atoms with Gasteiger partial charge in [0.15, 0.2) is 0 Å². The molecule has 0 saturated heterocycles. The predicted molar refractivity (Wildman–Crippen MR) is 128 cm³/mol. The van der Waals surface area contributed by atoms with Gasteiger partial charge in [-0.25, -0.2) is 0 Å². The number of halogens is 1. The van der Waals surface area contributed by atoms with Crippen molar-refractivity contribution >= 4 is 23.4 Å². The number of carbonyl (C=O) groups excluding carboxylic acids is 2. The second-order valence-corrected chi connectivity index (χ2v) is 8.80. The SMILES string of the molecule is CCCCNC(=O)[C@H](C)N(Cc1cccc(Cl)c1)C(=O)CCc1ccc(C(C)C)cc1. The van der Waals surface area contributed by atoms with Crippen LogP contribution in [0.15, 0.2) is 48.5 Å². The highest BCUT2D eigenvalue weighted by Crippen LogP contribution is 2.18. The maximum atomic E-state index is 13.2. The largest absolute Gasteiger partial charge is 0.354 e. The second kappa shape index (κ2) is 12.5. The van der Waals surface area contributed by atoms with Crippen LogP contribution in [0.5, 0.6) is 0 Å². The van der Waals surface area contributed by atoms with E-state index in [0.29, 0.717) is 36.9 Å². The van der Waals surface area contributed by atoms with Crippen LogP contribution in [0, 0.1) is 0 Å². The number of amides is 2. The summed E-state index contributed by atoms with van der Waals surface area (Å²) < 4.78 is 0. The molecule has 5 heteroatoms. The molecule has 0 aromatic heterocycles. The molecule has 168 valence electrons. The Bertz CT molecular complexity index is 849. The molecule has 0 radical (unpaired) electrons. The van der Waals surface area contributed by atoms with E-state index < -0.39 is 6.04 Å². The average molecular weight is 443 g/mol. The molecule has 2 rings (SSSR count). The molecule has 1 atom stereocenters.